The molecule has 0 fully saturated rings. The van der Waals surface area contributed by atoms with Crippen LogP contribution < -0.4 is 10.5 Å². The van der Waals surface area contributed by atoms with E-state index in [1.165, 1.54) is 0 Å². The Morgan fingerprint density at radius 2 is 1.89 bits per heavy atom. The highest BCUT2D eigenvalue weighted by Crippen LogP contribution is 2.19. The number of carbonyl (C=O) groups is 1. The molecule has 0 saturated carbocycles. The van der Waals surface area contributed by atoms with Crippen LogP contribution in [0.15, 0.2) is 28.8 Å². The predicted octanol–water partition coefficient (Wildman–Crippen LogP) is 3.28. The fourth-order valence-corrected chi connectivity index (χ4v) is 2.67. The maximum absolute atomic E-state index is 12.4. The van der Waals surface area contributed by atoms with Crippen molar-refractivity contribution >= 4 is 18.3 Å². The van der Waals surface area contributed by atoms with Gasteiger partial charge in [-0.25, -0.2) is 0 Å². The van der Waals surface area contributed by atoms with Crippen molar-refractivity contribution in [3.8, 4) is 5.75 Å². The summed E-state index contributed by atoms with van der Waals surface area (Å²) in [6.07, 6.45) is 0.362. The zero-order chi connectivity index (χ0) is 19.3. The van der Waals surface area contributed by atoms with Crippen molar-refractivity contribution < 1.29 is 14.1 Å². The van der Waals surface area contributed by atoms with Gasteiger partial charge in [0.15, 0.2) is 0 Å². The summed E-state index contributed by atoms with van der Waals surface area (Å²) in [5.74, 6) is 1.60. The van der Waals surface area contributed by atoms with Gasteiger partial charge in [0.1, 0.15) is 18.1 Å². The molecule has 2 N–H and O–H groups in total. The highest BCUT2D eigenvalue weighted by atomic mass is 35.5. The number of amides is 1. The van der Waals surface area contributed by atoms with Gasteiger partial charge in [0.25, 0.3) is 0 Å². The van der Waals surface area contributed by atoms with Crippen LogP contribution in [-0.2, 0) is 17.8 Å². The van der Waals surface area contributed by atoms with Crippen molar-refractivity contribution in [1.29, 1.82) is 0 Å². The maximum atomic E-state index is 12.4. The molecule has 0 aliphatic rings. The number of hydrogen-bond acceptors (Lipinski definition) is 5. The van der Waals surface area contributed by atoms with E-state index >= 15 is 0 Å². The van der Waals surface area contributed by atoms with E-state index in [-0.39, 0.29) is 23.7 Å². The maximum Gasteiger partial charge on any atom is 0.226 e. The van der Waals surface area contributed by atoms with Gasteiger partial charge in [-0.2, -0.15) is 0 Å². The van der Waals surface area contributed by atoms with Gasteiger partial charge in [-0.15, -0.1) is 12.4 Å². The summed E-state index contributed by atoms with van der Waals surface area (Å²) < 4.78 is 10.9. The molecule has 0 atom stereocenters. The second-order valence-electron chi connectivity index (χ2n) is 7.53. The summed E-state index contributed by atoms with van der Waals surface area (Å²) in [4.78, 5) is 14.1. The molecule has 1 heterocycles. The normalized spacial score (nSPS) is 11.0. The third kappa shape index (κ3) is 6.56. The fourth-order valence-electron chi connectivity index (χ4n) is 2.67. The van der Waals surface area contributed by atoms with Crippen LogP contribution in [-0.4, -0.2) is 36.1 Å². The number of likely N-dealkylation sites (N-methyl/N-ethyl adjacent to an activating group) is 1. The Hall–Kier alpha value is -2.05. The molecule has 0 radical (unpaired) electrons. The average Bonchev–Trinajstić information content (AvgIpc) is 2.92. The molecule has 0 saturated heterocycles. The Kier molecular flexibility index (Phi) is 8.31. The molecule has 0 bridgehead atoms. The first-order valence-electron chi connectivity index (χ1n) is 8.79. The van der Waals surface area contributed by atoms with Crippen molar-refractivity contribution in [2.24, 2.45) is 11.1 Å². The molecule has 0 aliphatic heterocycles. The lowest BCUT2D eigenvalue weighted by molar-refractivity contribution is -0.130. The van der Waals surface area contributed by atoms with E-state index in [2.05, 4.69) is 19.0 Å². The topological polar surface area (TPSA) is 81.6 Å². The van der Waals surface area contributed by atoms with E-state index in [1.807, 2.05) is 45.2 Å². The lowest BCUT2D eigenvalue weighted by Crippen LogP contribution is -2.40. The molecule has 7 heteroatoms. The van der Waals surface area contributed by atoms with Crippen molar-refractivity contribution in [1.82, 2.24) is 10.1 Å². The number of aromatic nitrogens is 1. The molecule has 2 rings (SSSR count). The minimum Gasteiger partial charge on any atom is -0.489 e. The first kappa shape index (κ1) is 23.0. The molecule has 1 amide bonds. The van der Waals surface area contributed by atoms with Gasteiger partial charge in [0.05, 0.1) is 17.7 Å². The second-order valence-corrected chi connectivity index (χ2v) is 7.53. The molecular weight excluding hydrogens is 366 g/mol. The van der Waals surface area contributed by atoms with Crippen molar-refractivity contribution in [2.75, 3.05) is 20.1 Å². The lowest BCUT2D eigenvalue weighted by Gasteiger charge is -2.29. The number of halogens is 1. The Labute approximate surface area is 167 Å². The number of ether oxygens (including phenoxy) is 1. The van der Waals surface area contributed by atoms with E-state index < -0.39 is 0 Å². The Morgan fingerprint density at radius 3 is 2.41 bits per heavy atom. The Balaban J connectivity index is 0.00000364. The molecular formula is C20H30ClN3O3. The van der Waals surface area contributed by atoms with Crippen LogP contribution in [0, 0.1) is 19.3 Å². The van der Waals surface area contributed by atoms with Crippen molar-refractivity contribution in [3.05, 3.63) is 46.8 Å². The first-order valence-corrected chi connectivity index (χ1v) is 8.79. The van der Waals surface area contributed by atoms with Crippen LogP contribution in [0.5, 0.6) is 5.75 Å². The largest absolute Gasteiger partial charge is 0.489 e. The van der Waals surface area contributed by atoms with E-state index in [9.17, 15) is 4.79 Å². The molecule has 27 heavy (non-hydrogen) atoms. The number of nitrogens with two attached hydrogens (primary N) is 1. The molecule has 0 unspecified atom stereocenters. The van der Waals surface area contributed by atoms with Gasteiger partial charge >= 0.3 is 0 Å². The SMILES string of the molecule is Cc1noc(C)c1COc1ccc(CC(=O)N(C)CC(C)(C)CN)cc1.Cl. The summed E-state index contributed by atoms with van der Waals surface area (Å²) >= 11 is 0. The van der Waals surface area contributed by atoms with E-state index in [0.29, 0.717) is 26.1 Å². The van der Waals surface area contributed by atoms with Gasteiger partial charge < -0.3 is 19.9 Å². The van der Waals surface area contributed by atoms with Gasteiger partial charge in [-0.05, 0) is 43.5 Å². The number of aryl methyl sites for hydroxylation is 2. The molecule has 1 aromatic heterocycles. The predicted molar refractivity (Wildman–Crippen MR) is 108 cm³/mol. The molecule has 1 aromatic carbocycles. The van der Waals surface area contributed by atoms with Gasteiger partial charge in [-0.1, -0.05) is 31.1 Å². The van der Waals surface area contributed by atoms with Crippen LogP contribution in [0.3, 0.4) is 0 Å². The van der Waals surface area contributed by atoms with Crippen LogP contribution in [0.25, 0.3) is 0 Å². The molecule has 2 aromatic rings. The van der Waals surface area contributed by atoms with Crippen molar-refractivity contribution in [3.63, 3.8) is 0 Å². The first-order chi connectivity index (χ1) is 12.2. The van der Waals surface area contributed by atoms with Gasteiger partial charge in [-0.3, -0.25) is 4.79 Å². The number of hydrogen-bond donors (Lipinski definition) is 1. The number of benzene rings is 1. The smallest absolute Gasteiger partial charge is 0.226 e. The number of carbonyl (C=O) groups excluding carboxylic acids is 1. The van der Waals surface area contributed by atoms with Crippen LogP contribution in [0.4, 0.5) is 0 Å². The standard InChI is InChI=1S/C20H29N3O3.ClH/c1-14-18(15(2)26-22-14)11-25-17-8-6-16(7-9-17)10-19(24)23(5)13-20(3,4)12-21;/h6-9H,10-13,21H2,1-5H3;1H. The minimum atomic E-state index is -0.0830. The van der Waals surface area contributed by atoms with Crippen molar-refractivity contribution in [2.45, 2.75) is 40.7 Å². The quantitative estimate of drug-likeness (QED) is 0.741. The Bertz CT molecular complexity index is 722. The lowest BCUT2D eigenvalue weighted by atomic mass is 9.93. The number of nitrogens with zero attached hydrogens (tertiary/aromatic N) is 2. The second kappa shape index (κ2) is 9.76. The summed E-state index contributed by atoms with van der Waals surface area (Å²) in [6, 6.07) is 7.60. The molecule has 0 spiro atoms. The average molecular weight is 396 g/mol. The molecule has 0 aliphatic carbocycles. The van der Waals surface area contributed by atoms with Crippen LogP contribution in [0.2, 0.25) is 0 Å². The summed E-state index contributed by atoms with van der Waals surface area (Å²) in [7, 11) is 1.82. The third-order valence-electron chi connectivity index (χ3n) is 4.49. The van der Waals surface area contributed by atoms with Crippen LogP contribution in [0.1, 0.15) is 36.4 Å². The highest BCUT2D eigenvalue weighted by molar-refractivity contribution is 5.85. The van der Waals surface area contributed by atoms with Crippen LogP contribution >= 0.6 is 12.4 Å². The number of rotatable bonds is 8. The third-order valence-corrected chi connectivity index (χ3v) is 4.49. The molecule has 150 valence electrons. The Morgan fingerprint density at radius 1 is 1.26 bits per heavy atom. The highest BCUT2D eigenvalue weighted by Gasteiger charge is 2.21. The van der Waals surface area contributed by atoms with Gasteiger partial charge in [0, 0.05) is 13.6 Å². The van der Waals surface area contributed by atoms with Gasteiger partial charge in [0.2, 0.25) is 5.91 Å². The summed E-state index contributed by atoms with van der Waals surface area (Å²) in [5.41, 5.74) is 8.42. The fraction of sp³-hybridized carbons (Fsp3) is 0.500. The zero-order valence-electron chi connectivity index (χ0n) is 16.7. The molecule has 6 nitrogen and oxygen atoms in total. The monoisotopic (exact) mass is 395 g/mol. The summed E-state index contributed by atoms with van der Waals surface area (Å²) in [6.45, 7) is 9.48. The summed E-state index contributed by atoms with van der Waals surface area (Å²) in [5, 5.41) is 3.92. The van der Waals surface area contributed by atoms with E-state index in [4.69, 9.17) is 15.0 Å². The minimum absolute atomic E-state index is 0. The zero-order valence-corrected chi connectivity index (χ0v) is 17.6. The van der Waals surface area contributed by atoms with E-state index in [1.54, 1.807) is 4.90 Å². The van der Waals surface area contributed by atoms with E-state index in [0.717, 1.165) is 28.3 Å².